The first-order chi connectivity index (χ1) is 8.25. The number of unbranched alkanes of at least 4 members (excludes halogenated alkanes) is 1. The second-order valence-corrected chi connectivity index (χ2v) is 7.64. The average Bonchev–Trinajstić information content (AvgIpc) is 2.27. The van der Waals surface area contributed by atoms with Crippen LogP contribution in [-0.4, -0.2) is 35.7 Å². The zero-order valence-corrected chi connectivity index (χ0v) is 13.6. The molecule has 1 unspecified atom stereocenters. The fourth-order valence-electron chi connectivity index (χ4n) is 1.58. The minimum atomic E-state index is -0.539. The molecule has 0 aromatic carbocycles. The normalized spacial score (nSPS) is 15.2. The summed E-state index contributed by atoms with van der Waals surface area (Å²) >= 11 is 1.97. The lowest BCUT2D eigenvalue weighted by atomic mass is 9.95. The predicted octanol–water partition coefficient (Wildman–Crippen LogP) is 3.23. The number of nitrogens with one attached hydrogen (secondary N) is 1. The van der Waals surface area contributed by atoms with Gasteiger partial charge in [0.25, 0.3) is 0 Å². The van der Waals surface area contributed by atoms with Crippen LogP contribution in [0.3, 0.4) is 0 Å². The lowest BCUT2D eigenvalue weighted by Crippen LogP contribution is -2.48. The Morgan fingerprint density at radius 3 is 2.28 bits per heavy atom. The molecule has 0 saturated heterocycles. The number of carbonyl (C=O) groups excluding carboxylic acids is 1. The zero-order chi connectivity index (χ0) is 14.2. The summed E-state index contributed by atoms with van der Waals surface area (Å²) in [7, 11) is 1.82. The highest BCUT2D eigenvalue weighted by molar-refractivity contribution is 8.00. The van der Waals surface area contributed by atoms with Gasteiger partial charge in [-0.3, -0.25) is 4.79 Å². The van der Waals surface area contributed by atoms with Gasteiger partial charge in [-0.25, -0.2) is 0 Å². The molecule has 0 rings (SSSR count). The summed E-state index contributed by atoms with van der Waals surface area (Å²) in [5, 5.41) is 3.09. The van der Waals surface area contributed by atoms with Crippen molar-refractivity contribution in [1.82, 2.24) is 5.32 Å². The Kier molecular flexibility index (Phi) is 7.95. The van der Waals surface area contributed by atoms with Crippen molar-refractivity contribution in [3.05, 3.63) is 0 Å². The van der Waals surface area contributed by atoms with Gasteiger partial charge in [0.1, 0.15) is 5.54 Å². The topological polar surface area (TPSA) is 38.3 Å². The highest BCUT2D eigenvalue weighted by atomic mass is 32.2. The highest BCUT2D eigenvalue weighted by Gasteiger charge is 2.32. The number of hydrogen-bond acceptors (Lipinski definition) is 4. The Hall–Kier alpha value is -0.220. The Morgan fingerprint density at radius 1 is 1.22 bits per heavy atom. The Balaban J connectivity index is 3.97. The minimum Gasteiger partial charge on any atom is -0.465 e. The number of thioether (sulfide) groups is 1. The quantitative estimate of drug-likeness (QED) is 0.545. The van der Waals surface area contributed by atoms with E-state index in [2.05, 4.69) is 26.1 Å². The second-order valence-electron chi connectivity index (χ2n) is 5.72. The third-order valence-electron chi connectivity index (χ3n) is 2.88. The molecule has 0 bridgehead atoms. The van der Waals surface area contributed by atoms with Crippen LogP contribution in [0.4, 0.5) is 0 Å². The first-order valence-electron chi connectivity index (χ1n) is 6.75. The summed E-state index contributed by atoms with van der Waals surface area (Å²) in [6, 6.07) is 0. The number of carbonyl (C=O) groups is 1. The van der Waals surface area contributed by atoms with Crippen LogP contribution in [0.25, 0.3) is 0 Å². The average molecular weight is 275 g/mol. The van der Waals surface area contributed by atoms with E-state index >= 15 is 0 Å². The largest absolute Gasteiger partial charge is 0.465 e. The number of hydrogen-bond donors (Lipinski definition) is 1. The Bertz CT molecular complexity index is 251. The molecule has 0 spiro atoms. The van der Waals surface area contributed by atoms with E-state index in [1.54, 1.807) is 0 Å². The molecule has 0 fully saturated rings. The summed E-state index contributed by atoms with van der Waals surface area (Å²) < 4.78 is 5.43. The van der Waals surface area contributed by atoms with Crippen molar-refractivity contribution in [2.75, 3.05) is 19.4 Å². The van der Waals surface area contributed by atoms with Gasteiger partial charge in [0.15, 0.2) is 0 Å². The van der Waals surface area contributed by atoms with E-state index in [9.17, 15) is 4.79 Å². The van der Waals surface area contributed by atoms with Gasteiger partial charge >= 0.3 is 5.97 Å². The molecule has 0 amide bonds. The molecule has 4 heteroatoms. The molecule has 0 aliphatic rings. The van der Waals surface area contributed by atoms with Crippen LogP contribution in [0.2, 0.25) is 0 Å². The molecular weight excluding hydrogens is 246 g/mol. The molecule has 0 heterocycles. The molecule has 0 aromatic heterocycles. The third-order valence-corrected chi connectivity index (χ3v) is 4.24. The summed E-state index contributed by atoms with van der Waals surface area (Å²) in [5.74, 6) is 1.00. The molecule has 18 heavy (non-hydrogen) atoms. The van der Waals surface area contributed by atoms with E-state index in [0.29, 0.717) is 11.4 Å². The highest BCUT2D eigenvalue weighted by Crippen LogP contribution is 2.25. The van der Waals surface area contributed by atoms with Gasteiger partial charge in [-0.1, -0.05) is 27.2 Å². The summed E-state index contributed by atoms with van der Waals surface area (Å²) in [6.45, 7) is 10.9. The maximum atomic E-state index is 11.8. The van der Waals surface area contributed by atoms with Crippen LogP contribution in [0, 0.1) is 0 Å². The number of esters is 1. The van der Waals surface area contributed by atoms with E-state index < -0.39 is 5.54 Å². The van der Waals surface area contributed by atoms with Crippen molar-refractivity contribution >= 4 is 17.7 Å². The van der Waals surface area contributed by atoms with E-state index in [1.165, 1.54) is 0 Å². The molecule has 0 aliphatic heterocycles. The van der Waals surface area contributed by atoms with Crippen LogP contribution in [0.5, 0.6) is 0 Å². The second kappa shape index (κ2) is 8.05. The summed E-state index contributed by atoms with van der Waals surface area (Å²) in [4.78, 5) is 11.8. The molecule has 0 aromatic rings. The van der Waals surface area contributed by atoms with Crippen LogP contribution in [-0.2, 0) is 9.53 Å². The van der Waals surface area contributed by atoms with Crippen LogP contribution in [0.15, 0.2) is 0 Å². The fraction of sp³-hybridized carbons (Fsp3) is 0.929. The third kappa shape index (κ3) is 7.27. The monoisotopic (exact) mass is 275 g/mol. The molecule has 1 atom stereocenters. The van der Waals surface area contributed by atoms with Crippen LogP contribution >= 0.6 is 11.8 Å². The smallest absolute Gasteiger partial charge is 0.326 e. The van der Waals surface area contributed by atoms with E-state index in [0.717, 1.165) is 25.0 Å². The maximum absolute atomic E-state index is 11.8. The van der Waals surface area contributed by atoms with Crippen molar-refractivity contribution < 1.29 is 9.53 Å². The van der Waals surface area contributed by atoms with Crippen LogP contribution < -0.4 is 5.32 Å². The van der Waals surface area contributed by atoms with Gasteiger partial charge in [0, 0.05) is 4.75 Å². The molecule has 0 saturated carbocycles. The van der Waals surface area contributed by atoms with Crippen molar-refractivity contribution in [1.29, 1.82) is 0 Å². The van der Waals surface area contributed by atoms with Crippen molar-refractivity contribution in [3.8, 4) is 0 Å². The molecule has 0 aliphatic carbocycles. The zero-order valence-electron chi connectivity index (χ0n) is 12.8. The Morgan fingerprint density at radius 2 is 1.83 bits per heavy atom. The van der Waals surface area contributed by atoms with Crippen molar-refractivity contribution in [3.63, 3.8) is 0 Å². The van der Waals surface area contributed by atoms with Gasteiger partial charge in [-0.2, -0.15) is 11.8 Å². The molecular formula is C14H29NO2S. The number of likely N-dealkylation sites (N-methyl/N-ethyl adjacent to an activating group) is 1. The standard InChI is InChI=1S/C14H29NO2S/c1-7-17-12(16)14(5,15-6)10-8-9-11-18-13(2,3)4/h15H,7-11H2,1-6H3. The van der Waals surface area contributed by atoms with Gasteiger partial charge in [-0.15, -0.1) is 0 Å². The maximum Gasteiger partial charge on any atom is 0.326 e. The number of ether oxygens (including phenoxy) is 1. The Labute approximate surface area is 116 Å². The lowest BCUT2D eigenvalue weighted by molar-refractivity contribution is -0.150. The van der Waals surface area contributed by atoms with Crippen molar-refractivity contribution in [2.45, 2.75) is 64.2 Å². The van der Waals surface area contributed by atoms with Gasteiger partial charge in [-0.05, 0) is 39.5 Å². The first kappa shape index (κ1) is 17.8. The van der Waals surface area contributed by atoms with Gasteiger partial charge in [0.05, 0.1) is 6.61 Å². The molecule has 0 radical (unpaired) electrons. The molecule has 1 N–H and O–H groups in total. The molecule has 3 nitrogen and oxygen atoms in total. The van der Waals surface area contributed by atoms with E-state index in [1.807, 2.05) is 32.7 Å². The number of rotatable bonds is 8. The fourth-order valence-corrected chi connectivity index (χ4v) is 2.54. The lowest BCUT2D eigenvalue weighted by Gasteiger charge is -2.26. The predicted molar refractivity (Wildman–Crippen MR) is 80.2 cm³/mol. The van der Waals surface area contributed by atoms with Crippen LogP contribution in [0.1, 0.15) is 53.9 Å². The van der Waals surface area contributed by atoms with Crippen molar-refractivity contribution in [2.24, 2.45) is 0 Å². The summed E-state index contributed by atoms with van der Waals surface area (Å²) in [5.41, 5.74) is -0.539. The first-order valence-corrected chi connectivity index (χ1v) is 7.74. The van der Waals surface area contributed by atoms with E-state index in [-0.39, 0.29) is 5.97 Å². The summed E-state index contributed by atoms with van der Waals surface area (Å²) in [6.07, 6.45) is 3.00. The van der Waals surface area contributed by atoms with Gasteiger partial charge in [0.2, 0.25) is 0 Å². The minimum absolute atomic E-state index is 0.143. The molecule has 108 valence electrons. The van der Waals surface area contributed by atoms with Gasteiger partial charge < -0.3 is 10.1 Å². The van der Waals surface area contributed by atoms with E-state index in [4.69, 9.17) is 4.74 Å². The SMILES string of the molecule is CCOC(=O)C(C)(CCCCSC(C)(C)C)NC.